The number of nitrogens with zero attached hydrogens (tertiary/aromatic N) is 1. The van der Waals surface area contributed by atoms with Crippen LogP contribution in [0.3, 0.4) is 0 Å². The second kappa shape index (κ2) is 9.12. The maximum Gasteiger partial charge on any atom is 0.326 e. The van der Waals surface area contributed by atoms with E-state index in [1.54, 1.807) is 38.1 Å². The number of ether oxygens (including phenoxy) is 1. The van der Waals surface area contributed by atoms with Crippen molar-refractivity contribution < 1.29 is 28.7 Å². The van der Waals surface area contributed by atoms with Crippen molar-refractivity contribution in [3.63, 3.8) is 0 Å². The Morgan fingerprint density at radius 3 is 2.29 bits per heavy atom. The molecule has 5 amide bonds. The summed E-state index contributed by atoms with van der Waals surface area (Å²) in [4.78, 5) is 60.6. The van der Waals surface area contributed by atoms with Gasteiger partial charge in [0, 0.05) is 0 Å². The zero-order valence-electron chi connectivity index (χ0n) is 15.8. The van der Waals surface area contributed by atoms with Crippen LogP contribution in [0.1, 0.15) is 32.3 Å². The molecule has 0 unspecified atom stereocenters. The van der Waals surface area contributed by atoms with Crippen LogP contribution < -0.4 is 10.6 Å². The van der Waals surface area contributed by atoms with Crippen LogP contribution >= 0.6 is 0 Å². The van der Waals surface area contributed by atoms with E-state index in [1.807, 2.05) is 6.07 Å². The Balaban J connectivity index is 1.79. The Kier molecular flexibility index (Phi) is 6.86. The highest BCUT2D eigenvalue weighted by Crippen LogP contribution is 2.24. The minimum Gasteiger partial charge on any atom is -0.454 e. The van der Waals surface area contributed by atoms with Gasteiger partial charge in [-0.2, -0.15) is 0 Å². The molecule has 1 fully saturated rings. The molecule has 1 saturated heterocycles. The number of rotatable bonds is 8. The number of amides is 5. The number of carbonyl (C=O) groups excluding carboxylic acids is 5. The second-order valence-corrected chi connectivity index (χ2v) is 6.41. The molecule has 0 radical (unpaired) electrons. The first-order valence-electron chi connectivity index (χ1n) is 8.97. The maximum atomic E-state index is 12.4. The van der Waals surface area contributed by atoms with E-state index in [-0.39, 0.29) is 6.42 Å². The molecule has 1 aliphatic heterocycles. The molecular formula is C19H23N3O6. The minimum absolute atomic E-state index is 0.0130. The van der Waals surface area contributed by atoms with E-state index in [4.69, 9.17) is 4.74 Å². The first-order chi connectivity index (χ1) is 13.3. The quantitative estimate of drug-likeness (QED) is 0.494. The molecular weight excluding hydrogens is 366 g/mol. The van der Waals surface area contributed by atoms with Gasteiger partial charge < -0.3 is 10.1 Å². The van der Waals surface area contributed by atoms with E-state index < -0.39 is 48.4 Å². The van der Waals surface area contributed by atoms with Crippen molar-refractivity contribution >= 4 is 29.7 Å². The predicted octanol–water partition coefficient (Wildman–Crippen LogP) is 0.526. The fourth-order valence-corrected chi connectivity index (χ4v) is 2.89. The number of esters is 1. The monoisotopic (exact) mass is 389 g/mol. The van der Waals surface area contributed by atoms with Crippen molar-refractivity contribution in [1.82, 2.24) is 15.5 Å². The molecule has 0 atom stereocenters. The Morgan fingerprint density at radius 1 is 1.07 bits per heavy atom. The van der Waals surface area contributed by atoms with Gasteiger partial charge in [-0.05, 0) is 18.4 Å². The molecule has 9 heteroatoms. The third kappa shape index (κ3) is 4.93. The lowest BCUT2D eigenvalue weighted by molar-refractivity contribution is -0.151. The number of hydrogen-bond donors (Lipinski definition) is 2. The third-order valence-electron chi connectivity index (χ3n) is 4.59. The van der Waals surface area contributed by atoms with Crippen molar-refractivity contribution in [2.75, 3.05) is 13.2 Å². The zero-order valence-corrected chi connectivity index (χ0v) is 15.8. The van der Waals surface area contributed by atoms with Crippen LogP contribution in [-0.4, -0.2) is 53.3 Å². The Hall–Kier alpha value is -3.23. The first kappa shape index (κ1) is 21.1. The summed E-state index contributed by atoms with van der Waals surface area (Å²) >= 11 is 0. The van der Waals surface area contributed by atoms with E-state index in [0.717, 1.165) is 10.5 Å². The molecule has 0 aliphatic carbocycles. The molecule has 0 spiro atoms. The lowest BCUT2D eigenvalue weighted by atomic mass is 9.93. The van der Waals surface area contributed by atoms with Crippen LogP contribution in [0.15, 0.2) is 30.3 Å². The predicted molar refractivity (Wildman–Crippen MR) is 97.8 cm³/mol. The summed E-state index contributed by atoms with van der Waals surface area (Å²) in [5.74, 6) is -2.74. The number of imide groups is 2. The van der Waals surface area contributed by atoms with Gasteiger partial charge in [0.05, 0.1) is 6.42 Å². The number of benzene rings is 1. The van der Waals surface area contributed by atoms with E-state index in [0.29, 0.717) is 12.8 Å². The fraction of sp³-hybridized carbons (Fsp3) is 0.421. The summed E-state index contributed by atoms with van der Waals surface area (Å²) in [7, 11) is 0. The van der Waals surface area contributed by atoms with Gasteiger partial charge in [0.25, 0.3) is 11.8 Å². The average Bonchev–Trinajstić information content (AvgIpc) is 2.91. The van der Waals surface area contributed by atoms with Crippen LogP contribution in [0.5, 0.6) is 0 Å². The van der Waals surface area contributed by atoms with Gasteiger partial charge in [0.1, 0.15) is 12.1 Å². The molecule has 0 saturated carbocycles. The van der Waals surface area contributed by atoms with Gasteiger partial charge in [-0.3, -0.25) is 29.4 Å². The molecule has 0 bridgehead atoms. The number of urea groups is 1. The van der Waals surface area contributed by atoms with Gasteiger partial charge in [0.15, 0.2) is 6.61 Å². The minimum atomic E-state index is -1.02. The molecule has 1 heterocycles. The molecule has 1 aromatic carbocycles. The molecule has 1 aromatic rings. The summed E-state index contributed by atoms with van der Waals surface area (Å²) in [5, 5.41) is 4.70. The van der Waals surface area contributed by atoms with Crippen LogP contribution in [0.4, 0.5) is 4.79 Å². The van der Waals surface area contributed by atoms with Crippen LogP contribution in [0, 0.1) is 0 Å². The van der Waals surface area contributed by atoms with Gasteiger partial charge >= 0.3 is 12.0 Å². The SMILES string of the molecule is CCC1(CC)NC(=O)N(CC(=O)OCC(=O)NC(=O)Cc2ccccc2)C1=O. The maximum absolute atomic E-state index is 12.4. The highest BCUT2D eigenvalue weighted by Gasteiger charge is 2.49. The third-order valence-corrected chi connectivity index (χ3v) is 4.59. The summed E-state index contributed by atoms with van der Waals surface area (Å²) in [6, 6.07) is 8.17. The number of hydrogen-bond acceptors (Lipinski definition) is 6. The average molecular weight is 389 g/mol. The van der Waals surface area contributed by atoms with Gasteiger partial charge in [-0.1, -0.05) is 44.2 Å². The molecule has 2 rings (SSSR count). The first-order valence-corrected chi connectivity index (χ1v) is 8.97. The number of nitrogens with one attached hydrogen (secondary N) is 2. The zero-order chi connectivity index (χ0) is 20.7. The van der Waals surface area contributed by atoms with Gasteiger partial charge in [-0.15, -0.1) is 0 Å². The van der Waals surface area contributed by atoms with E-state index >= 15 is 0 Å². The molecule has 1 aliphatic rings. The van der Waals surface area contributed by atoms with Crippen molar-refractivity contribution in [2.45, 2.75) is 38.6 Å². The van der Waals surface area contributed by atoms with Crippen LogP contribution in [0.25, 0.3) is 0 Å². The summed E-state index contributed by atoms with van der Waals surface area (Å²) < 4.78 is 4.77. The Bertz CT molecular complexity index is 773. The molecule has 9 nitrogen and oxygen atoms in total. The highest BCUT2D eigenvalue weighted by atomic mass is 16.5. The molecule has 0 aromatic heterocycles. The van der Waals surface area contributed by atoms with Gasteiger partial charge in [-0.25, -0.2) is 4.79 Å². The van der Waals surface area contributed by atoms with Crippen LogP contribution in [0.2, 0.25) is 0 Å². The molecule has 2 N–H and O–H groups in total. The van der Waals surface area contributed by atoms with E-state index in [1.165, 1.54) is 0 Å². The van der Waals surface area contributed by atoms with Crippen molar-refractivity contribution in [2.24, 2.45) is 0 Å². The highest BCUT2D eigenvalue weighted by molar-refractivity contribution is 6.08. The van der Waals surface area contributed by atoms with E-state index in [9.17, 15) is 24.0 Å². The normalized spacial score (nSPS) is 15.1. The summed E-state index contributed by atoms with van der Waals surface area (Å²) in [5.41, 5.74) is -0.280. The van der Waals surface area contributed by atoms with Crippen molar-refractivity contribution in [1.29, 1.82) is 0 Å². The van der Waals surface area contributed by atoms with E-state index in [2.05, 4.69) is 10.6 Å². The Labute approximate surface area is 162 Å². The summed E-state index contributed by atoms with van der Waals surface area (Å²) in [6.45, 7) is 2.24. The number of carbonyl (C=O) groups is 5. The topological polar surface area (TPSA) is 122 Å². The Morgan fingerprint density at radius 2 is 1.71 bits per heavy atom. The smallest absolute Gasteiger partial charge is 0.326 e. The lowest BCUT2D eigenvalue weighted by Gasteiger charge is -2.22. The second-order valence-electron chi connectivity index (χ2n) is 6.41. The van der Waals surface area contributed by atoms with Crippen molar-refractivity contribution in [3.8, 4) is 0 Å². The summed E-state index contributed by atoms with van der Waals surface area (Å²) in [6.07, 6.45) is 0.802. The molecule has 150 valence electrons. The molecule has 28 heavy (non-hydrogen) atoms. The standard InChI is InChI=1S/C19H23N3O6/c1-3-19(4-2)17(26)22(18(27)21-19)11-16(25)28-12-15(24)20-14(23)10-13-8-6-5-7-9-13/h5-9H,3-4,10-12H2,1-2H3,(H,21,27)(H,20,23,24). The lowest BCUT2D eigenvalue weighted by Crippen LogP contribution is -2.46. The van der Waals surface area contributed by atoms with Crippen molar-refractivity contribution in [3.05, 3.63) is 35.9 Å². The van der Waals surface area contributed by atoms with Crippen LogP contribution in [-0.2, 0) is 30.3 Å². The fourth-order valence-electron chi connectivity index (χ4n) is 2.89. The largest absolute Gasteiger partial charge is 0.454 e. The van der Waals surface area contributed by atoms with Gasteiger partial charge in [0.2, 0.25) is 5.91 Å².